The predicted octanol–water partition coefficient (Wildman–Crippen LogP) is 1.51. The molecule has 1 saturated heterocycles. The van der Waals surface area contributed by atoms with E-state index in [0.29, 0.717) is 11.4 Å². The van der Waals surface area contributed by atoms with Crippen LogP contribution in [0.4, 0.5) is 10.5 Å². The summed E-state index contributed by atoms with van der Waals surface area (Å²) in [6.45, 7) is -0.00351. The SMILES string of the molecule is COc1cc(NC(=O)N2C[C@H](O)C[C@H]2C(=O)O)ccc1Br. The monoisotopic (exact) mass is 358 g/mol. The predicted molar refractivity (Wildman–Crippen MR) is 78.5 cm³/mol. The van der Waals surface area contributed by atoms with E-state index in [9.17, 15) is 14.7 Å². The van der Waals surface area contributed by atoms with Crippen LogP contribution < -0.4 is 10.1 Å². The second-order valence-electron chi connectivity index (χ2n) is 4.68. The van der Waals surface area contributed by atoms with Crippen LogP contribution in [0.15, 0.2) is 22.7 Å². The smallest absolute Gasteiger partial charge is 0.326 e. The molecule has 0 aromatic heterocycles. The largest absolute Gasteiger partial charge is 0.495 e. The van der Waals surface area contributed by atoms with Gasteiger partial charge >= 0.3 is 12.0 Å². The van der Waals surface area contributed by atoms with Crippen molar-refractivity contribution in [2.45, 2.75) is 18.6 Å². The van der Waals surface area contributed by atoms with Gasteiger partial charge in [0, 0.05) is 24.7 Å². The third kappa shape index (κ3) is 3.45. The lowest BCUT2D eigenvalue weighted by Crippen LogP contribution is -2.43. The van der Waals surface area contributed by atoms with Gasteiger partial charge in [0.05, 0.1) is 17.7 Å². The minimum absolute atomic E-state index is 0.00351. The molecule has 0 saturated carbocycles. The van der Waals surface area contributed by atoms with Gasteiger partial charge in [-0.25, -0.2) is 9.59 Å². The number of carboxylic acids is 1. The number of benzene rings is 1. The van der Waals surface area contributed by atoms with Crippen LogP contribution in [0.5, 0.6) is 5.75 Å². The molecule has 0 bridgehead atoms. The zero-order valence-electron chi connectivity index (χ0n) is 11.2. The second-order valence-corrected chi connectivity index (χ2v) is 5.53. The van der Waals surface area contributed by atoms with E-state index in [1.165, 1.54) is 7.11 Å². The number of aliphatic hydroxyl groups excluding tert-OH is 1. The van der Waals surface area contributed by atoms with Crippen molar-refractivity contribution in [2.24, 2.45) is 0 Å². The molecule has 114 valence electrons. The topological polar surface area (TPSA) is 99.1 Å². The molecule has 0 radical (unpaired) electrons. The Morgan fingerprint density at radius 2 is 2.19 bits per heavy atom. The zero-order chi connectivity index (χ0) is 15.6. The van der Waals surface area contributed by atoms with Gasteiger partial charge in [0.1, 0.15) is 11.8 Å². The Kier molecular flexibility index (Phi) is 4.69. The number of carboxylic acid groups (broad SMARTS) is 1. The van der Waals surface area contributed by atoms with Gasteiger partial charge < -0.3 is 25.2 Å². The van der Waals surface area contributed by atoms with E-state index in [1.54, 1.807) is 18.2 Å². The van der Waals surface area contributed by atoms with Gasteiger partial charge in [-0.3, -0.25) is 0 Å². The summed E-state index contributed by atoms with van der Waals surface area (Å²) in [5.41, 5.74) is 0.477. The van der Waals surface area contributed by atoms with Crippen molar-refractivity contribution in [1.82, 2.24) is 4.90 Å². The summed E-state index contributed by atoms with van der Waals surface area (Å²) in [5.74, 6) is -0.584. The lowest BCUT2D eigenvalue weighted by atomic mass is 10.2. The number of nitrogens with zero attached hydrogens (tertiary/aromatic N) is 1. The maximum absolute atomic E-state index is 12.1. The van der Waals surface area contributed by atoms with E-state index in [4.69, 9.17) is 9.84 Å². The van der Waals surface area contributed by atoms with Crippen LogP contribution in [-0.2, 0) is 4.79 Å². The van der Waals surface area contributed by atoms with Crippen LogP contribution in [0.2, 0.25) is 0 Å². The first-order valence-corrected chi connectivity index (χ1v) is 7.03. The number of rotatable bonds is 3. The summed E-state index contributed by atoms with van der Waals surface area (Å²) in [5, 5.41) is 21.2. The number of hydrogen-bond donors (Lipinski definition) is 3. The molecular formula is C13H15BrN2O5. The summed E-state index contributed by atoms with van der Waals surface area (Å²) in [6, 6.07) is 3.40. The number of carbonyl (C=O) groups is 2. The van der Waals surface area contributed by atoms with Gasteiger partial charge in [-0.15, -0.1) is 0 Å². The van der Waals surface area contributed by atoms with Crippen LogP contribution >= 0.6 is 15.9 Å². The van der Waals surface area contributed by atoms with E-state index in [2.05, 4.69) is 21.2 Å². The lowest BCUT2D eigenvalue weighted by molar-refractivity contribution is -0.141. The fourth-order valence-corrected chi connectivity index (χ4v) is 2.61. The molecule has 2 amide bonds. The van der Waals surface area contributed by atoms with E-state index < -0.39 is 24.1 Å². The maximum Gasteiger partial charge on any atom is 0.326 e. The van der Waals surface area contributed by atoms with Gasteiger partial charge in [-0.2, -0.15) is 0 Å². The summed E-state index contributed by atoms with van der Waals surface area (Å²) in [6.07, 6.45) is -0.789. The van der Waals surface area contributed by atoms with E-state index in [-0.39, 0.29) is 13.0 Å². The lowest BCUT2D eigenvalue weighted by Gasteiger charge is -2.21. The van der Waals surface area contributed by atoms with Gasteiger partial charge in [0.2, 0.25) is 0 Å². The fraction of sp³-hybridized carbons (Fsp3) is 0.385. The average molecular weight is 359 g/mol. The molecular weight excluding hydrogens is 344 g/mol. The first kappa shape index (κ1) is 15.6. The number of hydrogen-bond acceptors (Lipinski definition) is 4. The van der Waals surface area contributed by atoms with Gasteiger partial charge in [-0.1, -0.05) is 0 Å². The second kappa shape index (κ2) is 6.31. The molecule has 3 N–H and O–H groups in total. The molecule has 0 unspecified atom stereocenters. The molecule has 7 nitrogen and oxygen atoms in total. The highest BCUT2D eigenvalue weighted by atomic mass is 79.9. The minimum Gasteiger partial charge on any atom is -0.495 e. The molecule has 1 aliphatic heterocycles. The number of amides is 2. The van der Waals surface area contributed by atoms with Crippen molar-refractivity contribution in [1.29, 1.82) is 0 Å². The third-order valence-electron chi connectivity index (χ3n) is 3.23. The quantitative estimate of drug-likeness (QED) is 0.760. The molecule has 1 aromatic rings. The number of aliphatic carboxylic acids is 1. The fourth-order valence-electron chi connectivity index (χ4n) is 2.21. The van der Waals surface area contributed by atoms with Crippen molar-refractivity contribution in [2.75, 3.05) is 19.0 Å². The van der Waals surface area contributed by atoms with Crippen LogP contribution in [0.1, 0.15) is 6.42 Å². The van der Waals surface area contributed by atoms with Crippen molar-refractivity contribution < 1.29 is 24.5 Å². The Morgan fingerprint density at radius 3 is 2.81 bits per heavy atom. The molecule has 1 fully saturated rings. The highest BCUT2D eigenvalue weighted by molar-refractivity contribution is 9.10. The van der Waals surface area contributed by atoms with Gasteiger partial charge in [0.25, 0.3) is 0 Å². The number of methoxy groups -OCH3 is 1. The van der Waals surface area contributed by atoms with E-state index in [0.717, 1.165) is 9.37 Å². The molecule has 1 aromatic carbocycles. The van der Waals surface area contributed by atoms with Crippen molar-refractivity contribution in [3.63, 3.8) is 0 Å². The highest BCUT2D eigenvalue weighted by Crippen LogP contribution is 2.28. The Hall–Kier alpha value is -1.80. The Balaban J connectivity index is 2.12. The van der Waals surface area contributed by atoms with Crippen LogP contribution in [-0.4, -0.2) is 52.9 Å². The molecule has 2 atom stereocenters. The molecule has 8 heteroatoms. The standard InChI is InChI=1S/C13H15BrN2O5/c1-21-11-4-7(2-3-9(11)14)15-13(20)16-6-8(17)5-10(16)12(18)19/h2-4,8,10,17H,5-6H2,1H3,(H,15,20)(H,18,19)/t8-,10+/m1/s1. The third-order valence-corrected chi connectivity index (χ3v) is 3.88. The van der Waals surface area contributed by atoms with Crippen LogP contribution in [0.25, 0.3) is 0 Å². The number of halogens is 1. The number of β-amino-alcohol motifs (C(OH)–C–C–N with tert-alkyl or cyclic N) is 1. The Morgan fingerprint density at radius 1 is 1.48 bits per heavy atom. The van der Waals surface area contributed by atoms with E-state index >= 15 is 0 Å². The van der Waals surface area contributed by atoms with Gasteiger partial charge in [-0.05, 0) is 28.1 Å². The highest BCUT2D eigenvalue weighted by Gasteiger charge is 2.39. The number of ether oxygens (including phenoxy) is 1. The molecule has 1 aliphatic rings. The number of urea groups is 1. The summed E-state index contributed by atoms with van der Waals surface area (Å²) in [4.78, 5) is 24.4. The number of nitrogens with one attached hydrogen (secondary N) is 1. The molecule has 0 aliphatic carbocycles. The van der Waals surface area contributed by atoms with Crippen molar-refractivity contribution in [3.8, 4) is 5.75 Å². The summed E-state index contributed by atoms with van der Waals surface area (Å²) < 4.78 is 5.86. The number of anilines is 1. The zero-order valence-corrected chi connectivity index (χ0v) is 12.8. The summed E-state index contributed by atoms with van der Waals surface area (Å²) >= 11 is 3.30. The summed E-state index contributed by atoms with van der Waals surface area (Å²) in [7, 11) is 1.50. The molecule has 2 rings (SSSR count). The average Bonchev–Trinajstić information content (AvgIpc) is 2.83. The number of likely N-dealkylation sites (tertiary alicyclic amines) is 1. The minimum atomic E-state index is -1.13. The molecule has 1 heterocycles. The Bertz CT molecular complexity index is 565. The first-order chi connectivity index (χ1) is 9.92. The van der Waals surface area contributed by atoms with Crippen molar-refractivity contribution in [3.05, 3.63) is 22.7 Å². The molecule has 0 spiro atoms. The maximum atomic E-state index is 12.1. The first-order valence-electron chi connectivity index (χ1n) is 6.24. The van der Waals surface area contributed by atoms with Gasteiger partial charge in [0.15, 0.2) is 0 Å². The van der Waals surface area contributed by atoms with Crippen molar-refractivity contribution >= 4 is 33.6 Å². The number of aliphatic hydroxyl groups is 1. The molecule has 21 heavy (non-hydrogen) atoms. The number of carbonyl (C=O) groups excluding carboxylic acids is 1. The van der Waals surface area contributed by atoms with Crippen LogP contribution in [0, 0.1) is 0 Å². The Labute approximate surface area is 129 Å². The van der Waals surface area contributed by atoms with Crippen LogP contribution in [0.3, 0.4) is 0 Å². The normalized spacial score (nSPS) is 21.2. The van der Waals surface area contributed by atoms with E-state index in [1.807, 2.05) is 0 Å².